The van der Waals surface area contributed by atoms with Crippen molar-refractivity contribution in [3.05, 3.63) is 17.8 Å². The number of aromatic nitrogens is 1. The van der Waals surface area contributed by atoms with Crippen LogP contribution in [0.25, 0.3) is 0 Å². The molecule has 1 aromatic heterocycles. The van der Waals surface area contributed by atoms with Gasteiger partial charge in [-0.15, -0.1) is 0 Å². The maximum absolute atomic E-state index is 5.74. The van der Waals surface area contributed by atoms with Gasteiger partial charge in [-0.3, -0.25) is 0 Å². The third-order valence-corrected chi connectivity index (χ3v) is 2.05. The highest BCUT2D eigenvalue weighted by Crippen LogP contribution is 2.15. The first-order valence-electron chi connectivity index (χ1n) is 5.52. The monoisotopic (exact) mass is 224 g/mol. The second-order valence-corrected chi connectivity index (χ2v) is 4.20. The van der Waals surface area contributed by atoms with E-state index in [4.69, 9.17) is 15.2 Å². The third-order valence-electron chi connectivity index (χ3n) is 2.05. The zero-order chi connectivity index (χ0) is 12.0. The van der Waals surface area contributed by atoms with E-state index in [1.165, 1.54) is 0 Å². The quantitative estimate of drug-likeness (QED) is 0.751. The molecule has 4 heteroatoms. The van der Waals surface area contributed by atoms with Gasteiger partial charge in [0.05, 0.1) is 6.61 Å². The molecule has 2 N–H and O–H groups in total. The van der Waals surface area contributed by atoms with E-state index in [2.05, 4.69) is 18.8 Å². The minimum absolute atomic E-state index is 0.502. The predicted octanol–water partition coefficient (Wildman–Crippen LogP) is 2.02. The summed E-state index contributed by atoms with van der Waals surface area (Å²) in [5, 5.41) is 0. The zero-order valence-electron chi connectivity index (χ0n) is 10.2. The van der Waals surface area contributed by atoms with Crippen LogP contribution in [0.4, 0.5) is 5.69 Å². The van der Waals surface area contributed by atoms with Crippen molar-refractivity contribution in [1.29, 1.82) is 0 Å². The lowest BCUT2D eigenvalue weighted by Crippen LogP contribution is -2.10. The van der Waals surface area contributed by atoms with Crippen LogP contribution in [0, 0.1) is 12.8 Å². The van der Waals surface area contributed by atoms with Crippen LogP contribution in [-0.2, 0) is 4.74 Å². The van der Waals surface area contributed by atoms with Crippen molar-refractivity contribution >= 4 is 5.69 Å². The normalized spacial score (nSPS) is 10.8. The second kappa shape index (κ2) is 6.33. The topological polar surface area (TPSA) is 57.4 Å². The maximum Gasteiger partial charge on any atom is 0.215 e. The number of anilines is 1. The second-order valence-electron chi connectivity index (χ2n) is 4.20. The van der Waals surface area contributed by atoms with Crippen LogP contribution in [-0.4, -0.2) is 24.8 Å². The lowest BCUT2D eigenvalue weighted by atomic mass is 10.2. The lowest BCUT2D eigenvalue weighted by Gasteiger charge is -2.08. The SMILES string of the molecule is Cc1cnc(OCCOCC(C)C)cc1N. The van der Waals surface area contributed by atoms with Gasteiger partial charge in [-0.05, 0) is 18.4 Å². The van der Waals surface area contributed by atoms with Crippen molar-refractivity contribution in [2.75, 3.05) is 25.6 Å². The summed E-state index contributed by atoms with van der Waals surface area (Å²) in [6.45, 7) is 7.98. The smallest absolute Gasteiger partial charge is 0.215 e. The molecule has 4 nitrogen and oxygen atoms in total. The summed E-state index contributed by atoms with van der Waals surface area (Å²) in [7, 11) is 0. The van der Waals surface area contributed by atoms with Crippen LogP contribution in [0.3, 0.4) is 0 Å². The minimum Gasteiger partial charge on any atom is -0.475 e. The Morgan fingerprint density at radius 2 is 2.12 bits per heavy atom. The first-order chi connectivity index (χ1) is 7.59. The van der Waals surface area contributed by atoms with Crippen molar-refractivity contribution in [3.8, 4) is 5.88 Å². The average molecular weight is 224 g/mol. The van der Waals surface area contributed by atoms with Gasteiger partial charge in [0.2, 0.25) is 5.88 Å². The fourth-order valence-corrected chi connectivity index (χ4v) is 1.12. The molecule has 0 aliphatic rings. The van der Waals surface area contributed by atoms with E-state index in [0.717, 1.165) is 12.2 Å². The lowest BCUT2D eigenvalue weighted by molar-refractivity contribution is 0.0806. The molecule has 0 saturated heterocycles. The Morgan fingerprint density at radius 1 is 1.38 bits per heavy atom. The standard InChI is InChI=1S/C12H20N2O2/c1-9(2)8-15-4-5-16-12-6-11(13)10(3)7-14-12/h6-7,9H,4-5,8H2,1-3H3,(H2,13,14). The predicted molar refractivity (Wildman–Crippen MR) is 64.5 cm³/mol. The third kappa shape index (κ3) is 4.49. The highest BCUT2D eigenvalue weighted by Gasteiger charge is 1.99. The van der Waals surface area contributed by atoms with Crippen LogP contribution >= 0.6 is 0 Å². The molecule has 0 radical (unpaired) electrons. The largest absolute Gasteiger partial charge is 0.475 e. The van der Waals surface area contributed by atoms with Gasteiger partial charge in [-0.25, -0.2) is 4.98 Å². The molecule has 0 fully saturated rings. The summed E-state index contributed by atoms with van der Waals surface area (Å²) in [4.78, 5) is 4.11. The Kier molecular flexibility index (Phi) is 5.05. The Hall–Kier alpha value is -1.29. The van der Waals surface area contributed by atoms with Gasteiger partial charge in [0, 0.05) is 24.6 Å². The van der Waals surface area contributed by atoms with Crippen LogP contribution in [0.15, 0.2) is 12.3 Å². The number of nitrogens with two attached hydrogens (primary N) is 1. The number of nitrogens with zero attached hydrogens (tertiary/aromatic N) is 1. The van der Waals surface area contributed by atoms with Gasteiger partial charge in [-0.1, -0.05) is 13.8 Å². The maximum atomic E-state index is 5.74. The van der Waals surface area contributed by atoms with E-state index in [1.807, 2.05) is 6.92 Å². The van der Waals surface area contributed by atoms with Gasteiger partial charge in [-0.2, -0.15) is 0 Å². The van der Waals surface area contributed by atoms with Gasteiger partial charge < -0.3 is 15.2 Å². The van der Waals surface area contributed by atoms with Gasteiger partial charge >= 0.3 is 0 Å². The number of hydrogen-bond donors (Lipinski definition) is 1. The number of hydrogen-bond acceptors (Lipinski definition) is 4. The molecule has 0 unspecified atom stereocenters. The van der Waals surface area contributed by atoms with E-state index in [9.17, 15) is 0 Å². The molecular weight excluding hydrogens is 204 g/mol. The highest BCUT2D eigenvalue weighted by atomic mass is 16.5. The van der Waals surface area contributed by atoms with Gasteiger partial charge in [0.15, 0.2) is 0 Å². The molecule has 0 aliphatic heterocycles. The fourth-order valence-electron chi connectivity index (χ4n) is 1.12. The molecule has 0 aliphatic carbocycles. The molecule has 1 heterocycles. The van der Waals surface area contributed by atoms with Crippen molar-refractivity contribution in [3.63, 3.8) is 0 Å². The summed E-state index contributed by atoms with van der Waals surface area (Å²) >= 11 is 0. The molecule has 0 atom stereocenters. The number of pyridine rings is 1. The first kappa shape index (κ1) is 12.8. The Labute approximate surface area is 96.8 Å². The molecule has 1 aromatic rings. The number of rotatable bonds is 6. The van der Waals surface area contributed by atoms with E-state index < -0.39 is 0 Å². The van der Waals surface area contributed by atoms with Crippen LogP contribution < -0.4 is 10.5 Å². The first-order valence-corrected chi connectivity index (χ1v) is 5.52. The number of ether oxygens (including phenoxy) is 2. The zero-order valence-corrected chi connectivity index (χ0v) is 10.2. The van der Waals surface area contributed by atoms with Crippen LogP contribution in [0.2, 0.25) is 0 Å². The van der Waals surface area contributed by atoms with Crippen molar-refractivity contribution < 1.29 is 9.47 Å². The van der Waals surface area contributed by atoms with E-state index in [0.29, 0.717) is 30.7 Å². The Morgan fingerprint density at radius 3 is 2.75 bits per heavy atom. The molecule has 1 rings (SSSR count). The van der Waals surface area contributed by atoms with E-state index in [-0.39, 0.29) is 0 Å². The highest BCUT2D eigenvalue weighted by molar-refractivity contribution is 5.47. The summed E-state index contributed by atoms with van der Waals surface area (Å²) in [5.74, 6) is 1.10. The van der Waals surface area contributed by atoms with Gasteiger partial charge in [0.1, 0.15) is 6.61 Å². The van der Waals surface area contributed by atoms with Crippen LogP contribution in [0.5, 0.6) is 5.88 Å². The van der Waals surface area contributed by atoms with Crippen molar-refractivity contribution in [1.82, 2.24) is 4.98 Å². The van der Waals surface area contributed by atoms with Crippen molar-refractivity contribution in [2.24, 2.45) is 5.92 Å². The van der Waals surface area contributed by atoms with Crippen molar-refractivity contribution in [2.45, 2.75) is 20.8 Å². The summed E-state index contributed by atoms with van der Waals surface area (Å²) in [6, 6.07) is 1.73. The Balaban J connectivity index is 2.24. The number of aryl methyl sites for hydroxylation is 1. The fraction of sp³-hybridized carbons (Fsp3) is 0.583. The molecule has 0 saturated carbocycles. The van der Waals surface area contributed by atoms with E-state index in [1.54, 1.807) is 12.3 Å². The average Bonchev–Trinajstić information content (AvgIpc) is 2.22. The number of nitrogen functional groups attached to an aromatic ring is 1. The molecular formula is C12H20N2O2. The van der Waals surface area contributed by atoms with E-state index >= 15 is 0 Å². The molecule has 0 amide bonds. The molecule has 0 aromatic carbocycles. The van der Waals surface area contributed by atoms with Gasteiger partial charge in [0.25, 0.3) is 0 Å². The molecule has 0 spiro atoms. The van der Waals surface area contributed by atoms with Crippen LogP contribution in [0.1, 0.15) is 19.4 Å². The minimum atomic E-state index is 0.502. The molecule has 90 valence electrons. The summed E-state index contributed by atoms with van der Waals surface area (Å²) < 4.78 is 10.8. The Bertz CT molecular complexity index is 327. The molecule has 0 bridgehead atoms. The summed E-state index contributed by atoms with van der Waals surface area (Å²) in [5.41, 5.74) is 7.40. The summed E-state index contributed by atoms with van der Waals surface area (Å²) in [6.07, 6.45) is 1.71. The molecule has 16 heavy (non-hydrogen) atoms.